The molecular formula is C13H16N4OS. The van der Waals surface area contributed by atoms with Crippen LogP contribution in [0, 0.1) is 0 Å². The van der Waals surface area contributed by atoms with Crippen LogP contribution in [0.5, 0.6) is 0 Å². The molecule has 6 heteroatoms. The van der Waals surface area contributed by atoms with Gasteiger partial charge in [0.05, 0.1) is 5.75 Å². The maximum atomic E-state index is 11.8. The lowest BCUT2D eigenvalue weighted by atomic mass is 10.2. The molecule has 0 spiro atoms. The fourth-order valence-electron chi connectivity index (χ4n) is 2.42. The van der Waals surface area contributed by atoms with Crippen LogP contribution in [0.25, 0.3) is 0 Å². The SMILES string of the molecule is O=C(CSC1=NC2C=CC=NC2=N1)NC1CCCC1. The van der Waals surface area contributed by atoms with Gasteiger partial charge in [-0.2, -0.15) is 0 Å². The molecule has 1 unspecified atom stereocenters. The number of nitrogens with one attached hydrogen (secondary N) is 1. The fourth-order valence-corrected chi connectivity index (χ4v) is 3.11. The van der Waals surface area contributed by atoms with E-state index in [1.54, 1.807) is 6.21 Å². The van der Waals surface area contributed by atoms with Gasteiger partial charge < -0.3 is 5.32 Å². The molecule has 5 nitrogen and oxygen atoms in total. The molecule has 0 aromatic rings. The van der Waals surface area contributed by atoms with Gasteiger partial charge in [-0.1, -0.05) is 30.7 Å². The van der Waals surface area contributed by atoms with Crippen molar-refractivity contribution in [3.05, 3.63) is 12.2 Å². The number of allylic oxidation sites excluding steroid dienone is 1. The van der Waals surface area contributed by atoms with Crippen LogP contribution in [0.2, 0.25) is 0 Å². The Kier molecular flexibility index (Phi) is 3.77. The van der Waals surface area contributed by atoms with E-state index >= 15 is 0 Å². The Bertz CT molecular complexity index is 489. The van der Waals surface area contributed by atoms with E-state index in [4.69, 9.17) is 0 Å². The normalized spacial score (nSPS) is 25.2. The lowest BCUT2D eigenvalue weighted by Crippen LogP contribution is -2.34. The number of carbonyl (C=O) groups is 1. The number of fused-ring (bicyclic) bond motifs is 1. The number of amides is 1. The number of hydrogen-bond acceptors (Lipinski definition) is 5. The van der Waals surface area contributed by atoms with E-state index in [1.165, 1.54) is 24.6 Å². The molecule has 2 heterocycles. The fraction of sp³-hybridized carbons (Fsp3) is 0.538. The van der Waals surface area contributed by atoms with E-state index in [0.717, 1.165) is 18.7 Å². The third kappa shape index (κ3) is 3.12. The zero-order valence-corrected chi connectivity index (χ0v) is 11.4. The molecule has 0 saturated heterocycles. The van der Waals surface area contributed by atoms with Crippen LogP contribution < -0.4 is 5.32 Å². The lowest BCUT2D eigenvalue weighted by molar-refractivity contribution is -0.119. The van der Waals surface area contributed by atoms with Crippen molar-refractivity contribution in [3.63, 3.8) is 0 Å². The third-order valence-corrected chi connectivity index (χ3v) is 4.22. The average molecular weight is 276 g/mol. The summed E-state index contributed by atoms with van der Waals surface area (Å²) in [6.45, 7) is 0. The smallest absolute Gasteiger partial charge is 0.230 e. The van der Waals surface area contributed by atoms with Crippen molar-refractivity contribution in [2.75, 3.05) is 5.75 Å². The van der Waals surface area contributed by atoms with Crippen molar-refractivity contribution < 1.29 is 4.79 Å². The minimum absolute atomic E-state index is 0.0506. The second-order valence-corrected chi connectivity index (χ2v) is 5.77. The molecule has 19 heavy (non-hydrogen) atoms. The van der Waals surface area contributed by atoms with Gasteiger partial charge in [0.25, 0.3) is 0 Å². The Labute approximate surface area is 116 Å². The van der Waals surface area contributed by atoms with Crippen LogP contribution in [0.1, 0.15) is 25.7 Å². The minimum Gasteiger partial charge on any atom is -0.353 e. The average Bonchev–Trinajstić information content (AvgIpc) is 3.04. The molecule has 0 aromatic heterocycles. The van der Waals surface area contributed by atoms with E-state index in [-0.39, 0.29) is 11.9 Å². The Balaban J connectivity index is 1.47. The first-order chi connectivity index (χ1) is 9.31. The molecule has 3 aliphatic rings. The summed E-state index contributed by atoms with van der Waals surface area (Å²) in [7, 11) is 0. The first-order valence-corrected chi connectivity index (χ1v) is 7.59. The van der Waals surface area contributed by atoms with Gasteiger partial charge in [-0.3, -0.25) is 4.79 Å². The van der Waals surface area contributed by atoms with Crippen LogP contribution in [-0.4, -0.2) is 41.0 Å². The molecule has 100 valence electrons. The zero-order chi connectivity index (χ0) is 13.1. The monoisotopic (exact) mass is 276 g/mol. The second kappa shape index (κ2) is 5.69. The molecule has 1 atom stereocenters. The van der Waals surface area contributed by atoms with Crippen molar-refractivity contribution in [2.24, 2.45) is 15.0 Å². The number of dihydropyridines is 1. The van der Waals surface area contributed by atoms with Crippen LogP contribution >= 0.6 is 11.8 Å². The van der Waals surface area contributed by atoms with Crippen molar-refractivity contribution in [1.29, 1.82) is 0 Å². The van der Waals surface area contributed by atoms with Gasteiger partial charge in [-0.15, -0.1) is 0 Å². The van der Waals surface area contributed by atoms with Crippen LogP contribution in [0.3, 0.4) is 0 Å². The highest BCUT2D eigenvalue weighted by molar-refractivity contribution is 8.14. The zero-order valence-electron chi connectivity index (χ0n) is 10.6. The number of hydrogen-bond donors (Lipinski definition) is 1. The van der Waals surface area contributed by atoms with Crippen molar-refractivity contribution >= 4 is 34.9 Å². The number of aliphatic imine (C=N–C) groups is 3. The van der Waals surface area contributed by atoms with Gasteiger partial charge in [0.2, 0.25) is 5.91 Å². The quantitative estimate of drug-likeness (QED) is 0.850. The summed E-state index contributed by atoms with van der Waals surface area (Å²) in [4.78, 5) is 24.7. The van der Waals surface area contributed by atoms with E-state index in [9.17, 15) is 4.79 Å². The summed E-state index contributed by atoms with van der Waals surface area (Å²) in [5.74, 6) is 1.18. The summed E-state index contributed by atoms with van der Waals surface area (Å²) >= 11 is 1.38. The molecule has 1 aliphatic carbocycles. The van der Waals surface area contributed by atoms with Crippen molar-refractivity contribution in [2.45, 2.75) is 37.8 Å². The summed E-state index contributed by atoms with van der Waals surface area (Å²) in [5.41, 5.74) is 0. The predicted octanol–water partition coefficient (Wildman–Crippen LogP) is 1.56. The molecule has 1 amide bonds. The van der Waals surface area contributed by atoms with Gasteiger partial charge in [-0.25, -0.2) is 15.0 Å². The van der Waals surface area contributed by atoms with Crippen LogP contribution in [0.4, 0.5) is 0 Å². The maximum absolute atomic E-state index is 11.8. The van der Waals surface area contributed by atoms with E-state index < -0.39 is 0 Å². The summed E-state index contributed by atoms with van der Waals surface area (Å²) in [5, 5.41) is 3.72. The Morgan fingerprint density at radius 3 is 3.05 bits per heavy atom. The van der Waals surface area contributed by atoms with E-state index in [2.05, 4.69) is 20.3 Å². The van der Waals surface area contributed by atoms with Gasteiger partial charge in [-0.05, 0) is 18.9 Å². The summed E-state index contributed by atoms with van der Waals surface area (Å²) in [6.07, 6.45) is 10.2. The molecule has 1 saturated carbocycles. The largest absolute Gasteiger partial charge is 0.353 e. The molecule has 0 aromatic carbocycles. The van der Waals surface area contributed by atoms with Gasteiger partial charge in [0.1, 0.15) is 6.04 Å². The molecule has 1 fully saturated rings. The highest BCUT2D eigenvalue weighted by Crippen LogP contribution is 2.20. The molecule has 3 rings (SSSR count). The molecule has 0 radical (unpaired) electrons. The summed E-state index contributed by atoms with van der Waals surface area (Å²) in [6, 6.07) is 0.324. The number of thioether (sulfide) groups is 1. The first-order valence-electron chi connectivity index (χ1n) is 6.61. The topological polar surface area (TPSA) is 66.2 Å². The Morgan fingerprint density at radius 2 is 2.26 bits per heavy atom. The van der Waals surface area contributed by atoms with Crippen LogP contribution in [0.15, 0.2) is 27.1 Å². The third-order valence-electron chi connectivity index (χ3n) is 3.36. The highest BCUT2D eigenvalue weighted by Gasteiger charge is 2.22. The van der Waals surface area contributed by atoms with Gasteiger partial charge in [0.15, 0.2) is 11.0 Å². The van der Waals surface area contributed by atoms with Crippen molar-refractivity contribution in [1.82, 2.24) is 5.32 Å². The molecular weight excluding hydrogens is 260 g/mol. The maximum Gasteiger partial charge on any atom is 0.230 e. The Hall–Kier alpha value is -1.43. The molecule has 2 aliphatic heterocycles. The number of nitrogens with zero attached hydrogens (tertiary/aromatic N) is 3. The van der Waals surface area contributed by atoms with E-state index in [0.29, 0.717) is 17.0 Å². The lowest BCUT2D eigenvalue weighted by Gasteiger charge is -2.10. The summed E-state index contributed by atoms with van der Waals surface area (Å²) < 4.78 is 0. The predicted molar refractivity (Wildman–Crippen MR) is 79.1 cm³/mol. The highest BCUT2D eigenvalue weighted by atomic mass is 32.2. The van der Waals surface area contributed by atoms with Gasteiger partial charge in [0, 0.05) is 12.3 Å². The van der Waals surface area contributed by atoms with E-state index in [1.807, 2.05) is 12.2 Å². The second-order valence-electron chi connectivity index (χ2n) is 4.83. The number of carbonyl (C=O) groups excluding carboxylic acids is 1. The minimum atomic E-state index is -0.0506. The first kappa shape index (κ1) is 12.6. The Morgan fingerprint density at radius 1 is 1.42 bits per heavy atom. The van der Waals surface area contributed by atoms with Gasteiger partial charge >= 0.3 is 0 Å². The number of amidine groups is 2. The standard InChI is InChI=1S/C13H16N4OS/c18-11(15-9-4-1-2-5-9)8-19-13-16-10-6-3-7-14-12(10)17-13/h3,6-7,9-10H,1-2,4-5,8H2,(H,15,18). The van der Waals surface area contributed by atoms with Crippen LogP contribution in [-0.2, 0) is 4.79 Å². The molecule has 1 N–H and O–H groups in total. The molecule has 0 bridgehead atoms. The van der Waals surface area contributed by atoms with Crippen molar-refractivity contribution in [3.8, 4) is 0 Å². The number of rotatable bonds is 3.